The number of aliphatic imine (C=N–C) groups is 1. The van der Waals surface area contributed by atoms with Gasteiger partial charge >= 0.3 is 0 Å². The average Bonchev–Trinajstić information content (AvgIpc) is 3.26. The molecule has 3 aliphatic rings. The van der Waals surface area contributed by atoms with Gasteiger partial charge in [-0.2, -0.15) is 15.8 Å². The van der Waals surface area contributed by atoms with Gasteiger partial charge in [-0.05, 0) is 46.2 Å². The van der Waals surface area contributed by atoms with Crippen LogP contribution in [0.15, 0.2) is 89.2 Å². The van der Waals surface area contributed by atoms with Crippen molar-refractivity contribution in [2.45, 2.75) is 56.9 Å². The fourth-order valence-corrected chi connectivity index (χ4v) is 5.95. The van der Waals surface area contributed by atoms with Gasteiger partial charge in [0.2, 0.25) is 0 Å². The van der Waals surface area contributed by atoms with E-state index in [1.807, 2.05) is 29.3 Å². The van der Waals surface area contributed by atoms with Crippen LogP contribution in [-0.2, 0) is 0 Å². The lowest BCUT2D eigenvalue weighted by Gasteiger charge is -2.47. The Hall–Kier alpha value is -4.40. The maximum Gasteiger partial charge on any atom is 0.183 e. The number of amidine groups is 1. The van der Waals surface area contributed by atoms with Crippen molar-refractivity contribution in [3.05, 3.63) is 106 Å². The first kappa shape index (κ1) is 24.3. The number of allylic oxidation sites excluding steroid dienone is 3. The molecule has 2 aromatic rings. The molecule has 0 saturated heterocycles. The smallest absolute Gasteiger partial charge is 0.183 e. The minimum absolute atomic E-state index is 0.278. The Morgan fingerprint density at radius 2 is 1.43 bits per heavy atom. The molecule has 182 valence electrons. The lowest BCUT2D eigenvalue weighted by atomic mass is 9.58. The number of benzene rings is 2. The molecule has 37 heavy (non-hydrogen) atoms. The van der Waals surface area contributed by atoms with Crippen molar-refractivity contribution in [2.75, 3.05) is 0 Å². The summed E-state index contributed by atoms with van der Waals surface area (Å²) >= 11 is 0. The third kappa shape index (κ3) is 3.61. The van der Waals surface area contributed by atoms with Crippen LogP contribution in [0.4, 0.5) is 0 Å². The van der Waals surface area contributed by atoms with Crippen LogP contribution in [0, 0.1) is 39.9 Å². The molecule has 5 rings (SSSR count). The summed E-state index contributed by atoms with van der Waals surface area (Å²) in [5.74, 6) is -0.230. The molecule has 0 radical (unpaired) electrons. The van der Waals surface area contributed by atoms with Crippen LogP contribution in [0.5, 0.6) is 0 Å². The fourth-order valence-electron chi connectivity index (χ4n) is 5.95. The molecule has 4 atom stereocenters. The number of nitriles is 3. The summed E-state index contributed by atoms with van der Waals surface area (Å²) in [6.45, 7) is 8.60. The second-order valence-corrected chi connectivity index (χ2v) is 10.5. The Labute approximate surface area is 219 Å². The van der Waals surface area contributed by atoms with E-state index in [-0.39, 0.29) is 5.57 Å². The molecular formula is C32H29N5. The molecule has 0 bridgehead atoms. The first-order valence-electron chi connectivity index (χ1n) is 12.8. The molecule has 1 aliphatic carbocycles. The van der Waals surface area contributed by atoms with Crippen molar-refractivity contribution in [2.24, 2.45) is 10.9 Å². The molecule has 0 saturated carbocycles. The van der Waals surface area contributed by atoms with Gasteiger partial charge in [0.25, 0.3) is 0 Å². The number of rotatable bonds is 4. The largest absolute Gasteiger partial charge is 0.308 e. The zero-order valence-electron chi connectivity index (χ0n) is 21.6. The van der Waals surface area contributed by atoms with Gasteiger partial charge in [0, 0.05) is 18.0 Å². The van der Waals surface area contributed by atoms with Gasteiger partial charge in [-0.15, -0.1) is 0 Å². The van der Waals surface area contributed by atoms with Crippen LogP contribution >= 0.6 is 0 Å². The molecule has 0 unspecified atom stereocenters. The first-order chi connectivity index (χ1) is 17.9. The van der Waals surface area contributed by atoms with E-state index in [1.54, 1.807) is 0 Å². The first-order valence-corrected chi connectivity index (χ1v) is 12.8. The Morgan fingerprint density at radius 3 is 1.95 bits per heavy atom. The van der Waals surface area contributed by atoms with Crippen molar-refractivity contribution in [3.63, 3.8) is 0 Å². The maximum absolute atomic E-state index is 11.0. The average molecular weight is 484 g/mol. The van der Waals surface area contributed by atoms with Crippen LogP contribution in [0.25, 0.3) is 0 Å². The van der Waals surface area contributed by atoms with Gasteiger partial charge in [0.1, 0.15) is 5.84 Å². The van der Waals surface area contributed by atoms with E-state index in [9.17, 15) is 15.8 Å². The zero-order valence-corrected chi connectivity index (χ0v) is 21.6. The third-order valence-electron chi connectivity index (χ3n) is 7.92. The molecule has 0 spiro atoms. The summed E-state index contributed by atoms with van der Waals surface area (Å²) in [7, 11) is 0. The highest BCUT2D eigenvalue weighted by Gasteiger charge is 2.62. The van der Waals surface area contributed by atoms with Crippen LogP contribution in [-0.4, -0.2) is 16.3 Å². The Balaban J connectivity index is 1.81. The van der Waals surface area contributed by atoms with E-state index in [4.69, 9.17) is 4.99 Å². The molecule has 2 aliphatic heterocycles. The van der Waals surface area contributed by atoms with E-state index in [2.05, 4.69) is 94.4 Å². The summed E-state index contributed by atoms with van der Waals surface area (Å²) in [5.41, 5.74) is 3.73. The van der Waals surface area contributed by atoms with Gasteiger partial charge < -0.3 is 4.90 Å². The van der Waals surface area contributed by atoms with E-state index < -0.39 is 23.3 Å². The lowest BCUT2D eigenvalue weighted by molar-refractivity contribution is 0.248. The topological polar surface area (TPSA) is 87.0 Å². The lowest BCUT2D eigenvalue weighted by Crippen LogP contribution is -2.54. The minimum Gasteiger partial charge on any atom is -0.308 e. The van der Waals surface area contributed by atoms with Gasteiger partial charge in [0.15, 0.2) is 5.54 Å². The summed E-state index contributed by atoms with van der Waals surface area (Å²) in [4.78, 5) is 6.69. The van der Waals surface area contributed by atoms with Crippen LogP contribution < -0.4 is 0 Å². The van der Waals surface area contributed by atoms with Gasteiger partial charge in [-0.25, -0.2) is 4.99 Å². The van der Waals surface area contributed by atoms with Crippen molar-refractivity contribution < 1.29 is 0 Å². The summed E-state index contributed by atoms with van der Waals surface area (Å²) < 4.78 is 0. The van der Waals surface area contributed by atoms with Crippen LogP contribution in [0.1, 0.15) is 73.6 Å². The van der Waals surface area contributed by atoms with E-state index in [0.29, 0.717) is 23.4 Å². The number of nitrogens with zero attached hydrogens (tertiary/aromatic N) is 5. The molecule has 2 aromatic carbocycles. The molecule has 0 N–H and O–H groups in total. The highest BCUT2D eigenvalue weighted by Crippen LogP contribution is 2.59. The fraction of sp³-hybridized carbons (Fsp3) is 0.312. The van der Waals surface area contributed by atoms with E-state index in [0.717, 1.165) is 11.1 Å². The second-order valence-electron chi connectivity index (χ2n) is 10.5. The standard InChI is InChI=1S/C32H29N5/c1-20(2)22-8-12-24(13-9-22)29-26(17-33)27(18-34)31-32(19-35,37-16-6-5-7-28(37)36-31)30(29)25-14-10-23(11-15-25)21(3)4/h5-16,20-21,26,29-30H,1-4H3/t26-,29+,30-,32+/m1/s1. The highest BCUT2D eigenvalue weighted by atomic mass is 15.3. The van der Waals surface area contributed by atoms with Crippen molar-refractivity contribution >= 4 is 5.84 Å². The highest BCUT2D eigenvalue weighted by molar-refractivity contribution is 6.00. The van der Waals surface area contributed by atoms with Crippen molar-refractivity contribution in [1.82, 2.24) is 4.90 Å². The molecule has 5 heteroatoms. The predicted octanol–water partition coefficient (Wildman–Crippen LogP) is 6.79. The van der Waals surface area contributed by atoms with Gasteiger partial charge in [0.05, 0.1) is 35.4 Å². The van der Waals surface area contributed by atoms with Crippen LogP contribution in [0.3, 0.4) is 0 Å². The molecule has 0 amide bonds. The van der Waals surface area contributed by atoms with Crippen LogP contribution in [0.2, 0.25) is 0 Å². The molecule has 2 heterocycles. The molecule has 0 aromatic heterocycles. The molecular weight excluding hydrogens is 454 g/mol. The predicted molar refractivity (Wildman–Crippen MR) is 144 cm³/mol. The molecule has 5 nitrogen and oxygen atoms in total. The monoisotopic (exact) mass is 483 g/mol. The van der Waals surface area contributed by atoms with E-state index in [1.165, 1.54) is 11.1 Å². The van der Waals surface area contributed by atoms with Crippen molar-refractivity contribution in [1.29, 1.82) is 15.8 Å². The number of hydrogen-bond donors (Lipinski definition) is 0. The quantitative estimate of drug-likeness (QED) is 0.479. The number of fused-ring (bicyclic) bond motifs is 3. The van der Waals surface area contributed by atoms with Gasteiger partial charge in [-0.1, -0.05) is 82.3 Å². The van der Waals surface area contributed by atoms with E-state index >= 15 is 0 Å². The Bertz CT molecular complexity index is 1470. The normalized spacial score (nSPS) is 25.9. The van der Waals surface area contributed by atoms with Gasteiger partial charge in [-0.3, -0.25) is 0 Å². The minimum atomic E-state index is -1.25. The Kier molecular flexibility index (Phi) is 6.07. The molecule has 0 fully saturated rings. The summed E-state index contributed by atoms with van der Waals surface area (Å²) in [6.07, 6.45) is 7.48. The second kappa shape index (κ2) is 9.24. The maximum atomic E-state index is 11.0. The Morgan fingerprint density at radius 1 is 0.838 bits per heavy atom. The third-order valence-corrected chi connectivity index (χ3v) is 7.92. The summed E-state index contributed by atoms with van der Waals surface area (Å²) in [6, 6.07) is 24.0. The number of hydrogen-bond acceptors (Lipinski definition) is 5. The SMILES string of the molecule is CC(C)c1ccc([C@H]2[C@H](C#N)C(C#N)=C3N=C4C=CC=CN4[C@@]3(C#N)[C@@H]2c2ccc(C(C)C)cc2)cc1. The zero-order chi connectivity index (χ0) is 26.3. The van der Waals surface area contributed by atoms with Crippen molar-refractivity contribution in [3.8, 4) is 18.2 Å². The summed E-state index contributed by atoms with van der Waals surface area (Å²) in [5, 5.41) is 31.8.